The Balaban J connectivity index is 2.26. The molecule has 0 N–H and O–H groups in total. The molecule has 0 aromatic heterocycles. The number of aryl methyl sites for hydroxylation is 1. The van der Waals surface area contributed by atoms with Gasteiger partial charge in [0.15, 0.2) is 17.4 Å². The van der Waals surface area contributed by atoms with Gasteiger partial charge in [-0.05, 0) is 24.5 Å². The maximum absolute atomic E-state index is 13.6. The molecule has 0 fully saturated rings. The summed E-state index contributed by atoms with van der Waals surface area (Å²) in [7, 11) is 0. The number of ketones is 1. The van der Waals surface area contributed by atoms with Crippen LogP contribution in [-0.4, -0.2) is 5.78 Å². The molecule has 0 aliphatic carbocycles. The molecule has 2 aromatic carbocycles. The molecule has 21 heavy (non-hydrogen) atoms. The summed E-state index contributed by atoms with van der Waals surface area (Å²) in [5.41, 5.74) is 0.870. The van der Waals surface area contributed by atoms with Crippen LogP contribution in [0.3, 0.4) is 0 Å². The maximum atomic E-state index is 13.6. The van der Waals surface area contributed by atoms with E-state index in [1.807, 2.05) is 0 Å². The summed E-state index contributed by atoms with van der Waals surface area (Å²) in [6.07, 6.45) is 3.02. The molecule has 0 bridgehead atoms. The molecule has 0 heterocycles. The summed E-state index contributed by atoms with van der Waals surface area (Å²) in [6, 6.07) is 7.72. The lowest BCUT2D eigenvalue weighted by Crippen LogP contribution is -2.06. The largest absolute Gasteiger partial charge is 0.288 e. The normalized spacial score (nSPS) is 10.7. The van der Waals surface area contributed by atoms with Crippen molar-refractivity contribution in [1.29, 1.82) is 0 Å². The van der Waals surface area contributed by atoms with E-state index in [0.717, 1.165) is 24.8 Å². The highest BCUT2D eigenvalue weighted by molar-refractivity contribution is 6.09. The minimum absolute atomic E-state index is 0.250. The van der Waals surface area contributed by atoms with Crippen molar-refractivity contribution in [3.63, 3.8) is 0 Å². The SMILES string of the molecule is CCCCc1ccc(C(=O)c2cc(F)c(F)cc2F)cc1. The number of carbonyl (C=O) groups is 1. The third-order valence-corrected chi connectivity index (χ3v) is 3.29. The van der Waals surface area contributed by atoms with Crippen molar-refractivity contribution < 1.29 is 18.0 Å². The first-order valence-corrected chi connectivity index (χ1v) is 6.81. The third kappa shape index (κ3) is 3.51. The quantitative estimate of drug-likeness (QED) is 0.578. The predicted molar refractivity (Wildman–Crippen MR) is 74.8 cm³/mol. The molecule has 0 amide bonds. The van der Waals surface area contributed by atoms with Crippen LogP contribution in [0.2, 0.25) is 0 Å². The molecule has 1 nitrogen and oxygen atoms in total. The highest BCUT2D eigenvalue weighted by Gasteiger charge is 2.17. The molecular weight excluding hydrogens is 277 g/mol. The zero-order chi connectivity index (χ0) is 15.4. The molecule has 0 saturated carbocycles. The molecule has 0 unspecified atom stereocenters. The third-order valence-electron chi connectivity index (χ3n) is 3.29. The van der Waals surface area contributed by atoms with E-state index in [9.17, 15) is 18.0 Å². The number of unbranched alkanes of at least 4 members (excludes halogenated alkanes) is 1. The molecular formula is C17H15F3O. The average Bonchev–Trinajstić information content (AvgIpc) is 2.48. The molecule has 0 saturated heterocycles. The van der Waals surface area contributed by atoms with Crippen LogP contribution in [0.5, 0.6) is 0 Å². The Morgan fingerprint density at radius 1 is 0.952 bits per heavy atom. The number of benzene rings is 2. The Morgan fingerprint density at radius 2 is 1.57 bits per heavy atom. The lowest BCUT2D eigenvalue weighted by molar-refractivity contribution is 0.103. The van der Waals surface area contributed by atoms with Gasteiger partial charge in [0.1, 0.15) is 5.82 Å². The standard InChI is InChI=1S/C17H15F3O/c1-2-3-4-11-5-7-12(8-6-11)17(21)13-9-15(19)16(20)10-14(13)18/h5-10H,2-4H2,1H3. The second kappa shape index (κ2) is 6.57. The van der Waals surface area contributed by atoms with E-state index in [0.29, 0.717) is 12.1 Å². The van der Waals surface area contributed by atoms with Gasteiger partial charge in [-0.2, -0.15) is 0 Å². The Morgan fingerprint density at radius 3 is 2.19 bits per heavy atom. The maximum Gasteiger partial charge on any atom is 0.196 e. The van der Waals surface area contributed by atoms with Crippen LogP contribution in [-0.2, 0) is 6.42 Å². The number of hydrogen-bond donors (Lipinski definition) is 0. The van der Waals surface area contributed by atoms with Gasteiger partial charge in [-0.1, -0.05) is 37.6 Å². The van der Waals surface area contributed by atoms with Gasteiger partial charge >= 0.3 is 0 Å². The molecule has 0 spiro atoms. The second-order valence-electron chi connectivity index (χ2n) is 4.88. The van der Waals surface area contributed by atoms with Crippen LogP contribution in [0, 0.1) is 17.5 Å². The van der Waals surface area contributed by atoms with Gasteiger partial charge < -0.3 is 0 Å². The summed E-state index contributed by atoms with van der Waals surface area (Å²) < 4.78 is 39.6. The highest BCUT2D eigenvalue weighted by Crippen LogP contribution is 2.18. The number of hydrogen-bond acceptors (Lipinski definition) is 1. The fourth-order valence-electron chi connectivity index (χ4n) is 2.06. The van der Waals surface area contributed by atoms with E-state index >= 15 is 0 Å². The van der Waals surface area contributed by atoms with Gasteiger partial charge in [0, 0.05) is 11.6 Å². The van der Waals surface area contributed by atoms with Crippen molar-refractivity contribution in [2.45, 2.75) is 26.2 Å². The summed E-state index contributed by atoms with van der Waals surface area (Å²) in [6.45, 7) is 2.09. The van der Waals surface area contributed by atoms with E-state index in [4.69, 9.17) is 0 Å². The number of rotatable bonds is 5. The van der Waals surface area contributed by atoms with Gasteiger partial charge in [-0.3, -0.25) is 4.79 Å². The van der Waals surface area contributed by atoms with E-state index in [-0.39, 0.29) is 5.56 Å². The Bertz CT molecular complexity index is 648. The average molecular weight is 292 g/mol. The Kier molecular flexibility index (Phi) is 4.78. The Labute approximate surface area is 121 Å². The minimum atomic E-state index is -1.31. The van der Waals surface area contributed by atoms with Gasteiger partial charge in [0.25, 0.3) is 0 Å². The van der Waals surface area contributed by atoms with Crippen molar-refractivity contribution >= 4 is 5.78 Å². The molecule has 0 atom stereocenters. The summed E-state index contributed by atoms with van der Waals surface area (Å²) >= 11 is 0. The lowest BCUT2D eigenvalue weighted by atomic mass is 10.00. The van der Waals surface area contributed by atoms with Crippen LogP contribution in [0.15, 0.2) is 36.4 Å². The van der Waals surface area contributed by atoms with Crippen molar-refractivity contribution in [3.8, 4) is 0 Å². The molecule has 0 aliphatic heterocycles. The molecule has 2 aromatic rings. The summed E-state index contributed by atoms with van der Waals surface area (Å²) in [5.74, 6) is -4.26. The predicted octanol–water partition coefficient (Wildman–Crippen LogP) is 4.68. The zero-order valence-electron chi connectivity index (χ0n) is 11.6. The fraction of sp³-hybridized carbons (Fsp3) is 0.235. The molecule has 4 heteroatoms. The van der Waals surface area contributed by atoms with E-state index in [2.05, 4.69) is 6.92 Å². The smallest absolute Gasteiger partial charge is 0.196 e. The van der Waals surface area contributed by atoms with Crippen molar-refractivity contribution in [2.75, 3.05) is 0 Å². The topological polar surface area (TPSA) is 17.1 Å². The van der Waals surface area contributed by atoms with Crippen molar-refractivity contribution in [3.05, 3.63) is 70.5 Å². The van der Waals surface area contributed by atoms with Crippen LogP contribution in [0.4, 0.5) is 13.2 Å². The van der Waals surface area contributed by atoms with Crippen LogP contribution >= 0.6 is 0 Å². The van der Waals surface area contributed by atoms with Gasteiger partial charge in [-0.25, -0.2) is 13.2 Å². The van der Waals surface area contributed by atoms with Crippen molar-refractivity contribution in [1.82, 2.24) is 0 Å². The van der Waals surface area contributed by atoms with Gasteiger partial charge in [-0.15, -0.1) is 0 Å². The van der Waals surface area contributed by atoms with Crippen molar-refractivity contribution in [2.24, 2.45) is 0 Å². The van der Waals surface area contributed by atoms with Crippen LogP contribution in [0.25, 0.3) is 0 Å². The van der Waals surface area contributed by atoms with E-state index in [1.54, 1.807) is 24.3 Å². The first kappa shape index (κ1) is 15.3. The lowest BCUT2D eigenvalue weighted by Gasteiger charge is -2.05. The highest BCUT2D eigenvalue weighted by atomic mass is 19.2. The number of carbonyl (C=O) groups excluding carboxylic acids is 1. The second-order valence-corrected chi connectivity index (χ2v) is 4.88. The first-order chi connectivity index (χ1) is 10.0. The fourth-order valence-corrected chi connectivity index (χ4v) is 2.06. The zero-order valence-corrected chi connectivity index (χ0v) is 11.6. The summed E-state index contributed by atoms with van der Waals surface area (Å²) in [4.78, 5) is 12.1. The van der Waals surface area contributed by atoms with E-state index < -0.39 is 28.8 Å². The minimum Gasteiger partial charge on any atom is -0.288 e. The molecule has 0 aliphatic rings. The van der Waals surface area contributed by atoms with Crippen LogP contribution in [0.1, 0.15) is 41.3 Å². The molecule has 0 radical (unpaired) electrons. The number of halogens is 3. The van der Waals surface area contributed by atoms with Gasteiger partial charge in [0.2, 0.25) is 0 Å². The summed E-state index contributed by atoms with van der Waals surface area (Å²) in [5, 5.41) is 0. The van der Waals surface area contributed by atoms with Gasteiger partial charge in [0.05, 0.1) is 5.56 Å². The monoisotopic (exact) mass is 292 g/mol. The first-order valence-electron chi connectivity index (χ1n) is 6.81. The molecule has 110 valence electrons. The van der Waals surface area contributed by atoms with E-state index in [1.165, 1.54) is 0 Å². The van der Waals surface area contributed by atoms with Crippen LogP contribution < -0.4 is 0 Å². The Hall–Kier alpha value is -2.10. The molecule has 2 rings (SSSR count).